The predicted octanol–water partition coefficient (Wildman–Crippen LogP) is 4.68. The van der Waals surface area contributed by atoms with Crippen LogP contribution < -0.4 is 4.74 Å². The van der Waals surface area contributed by atoms with Gasteiger partial charge in [0.15, 0.2) is 0 Å². The predicted molar refractivity (Wildman–Crippen MR) is 105 cm³/mol. The Morgan fingerprint density at radius 3 is 2.93 bits per heavy atom. The number of methoxy groups -OCH3 is 1. The standard InChI is InChI=1S/C21H20ClN3O3/c1-13-16(8-4-9-17(13)22)19-23-20(28-24-19)18-10-5-11-25(18)21(26)14-6-3-7-15(12-14)27-2/h3-4,6-9,12,18H,5,10-11H2,1-2H3. The summed E-state index contributed by atoms with van der Waals surface area (Å²) < 4.78 is 10.8. The molecule has 1 aliphatic rings. The Morgan fingerprint density at radius 2 is 2.11 bits per heavy atom. The van der Waals surface area contributed by atoms with Crippen molar-refractivity contribution in [3.63, 3.8) is 0 Å². The summed E-state index contributed by atoms with van der Waals surface area (Å²) in [5.74, 6) is 1.51. The number of carbonyl (C=O) groups is 1. The number of halogens is 1. The van der Waals surface area contributed by atoms with Crippen LogP contribution in [0.3, 0.4) is 0 Å². The summed E-state index contributed by atoms with van der Waals surface area (Å²) in [6, 6.07) is 12.5. The molecule has 0 saturated carbocycles. The summed E-state index contributed by atoms with van der Waals surface area (Å²) in [6.07, 6.45) is 1.67. The molecule has 2 heterocycles. The van der Waals surface area contributed by atoms with Gasteiger partial charge in [-0.15, -0.1) is 0 Å². The number of hydrogen-bond donors (Lipinski definition) is 0. The van der Waals surface area contributed by atoms with Crippen molar-refractivity contribution in [1.82, 2.24) is 15.0 Å². The van der Waals surface area contributed by atoms with Gasteiger partial charge in [-0.25, -0.2) is 0 Å². The summed E-state index contributed by atoms with van der Waals surface area (Å²) >= 11 is 6.21. The van der Waals surface area contributed by atoms with Gasteiger partial charge in [0, 0.05) is 22.7 Å². The first-order valence-corrected chi connectivity index (χ1v) is 9.50. The summed E-state index contributed by atoms with van der Waals surface area (Å²) in [5.41, 5.74) is 2.30. The van der Waals surface area contributed by atoms with Gasteiger partial charge in [-0.2, -0.15) is 4.98 Å². The lowest BCUT2D eigenvalue weighted by Crippen LogP contribution is -2.30. The fourth-order valence-corrected chi connectivity index (χ4v) is 3.69. The van der Waals surface area contributed by atoms with Gasteiger partial charge in [-0.05, 0) is 49.6 Å². The molecular formula is C21H20ClN3O3. The quantitative estimate of drug-likeness (QED) is 0.639. The number of amides is 1. The first kappa shape index (κ1) is 18.5. The molecule has 3 aromatic rings. The summed E-state index contributed by atoms with van der Waals surface area (Å²) in [5, 5.41) is 4.78. The van der Waals surface area contributed by atoms with Gasteiger partial charge in [-0.1, -0.05) is 35.0 Å². The van der Waals surface area contributed by atoms with Gasteiger partial charge in [0.1, 0.15) is 11.8 Å². The minimum Gasteiger partial charge on any atom is -0.497 e. The van der Waals surface area contributed by atoms with Crippen LogP contribution in [0.5, 0.6) is 5.75 Å². The van der Waals surface area contributed by atoms with Gasteiger partial charge in [-0.3, -0.25) is 4.79 Å². The first-order valence-electron chi connectivity index (χ1n) is 9.12. The van der Waals surface area contributed by atoms with Crippen LogP contribution in [0.2, 0.25) is 5.02 Å². The maximum Gasteiger partial charge on any atom is 0.254 e. The zero-order valence-corrected chi connectivity index (χ0v) is 16.4. The Morgan fingerprint density at radius 1 is 1.29 bits per heavy atom. The summed E-state index contributed by atoms with van der Waals surface area (Å²) in [4.78, 5) is 19.4. The van der Waals surface area contributed by atoms with Crippen LogP contribution in [0.25, 0.3) is 11.4 Å². The maximum atomic E-state index is 13.0. The molecular weight excluding hydrogens is 378 g/mol. The van der Waals surface area contributed by atoms with Crippen LogP contribution >= 0.6 is 11.6 Å². The molecule has 7 heteroatoms. The van der Waals surface area contributed by atoms with Crippen LogP contribution in [0, 0.1) is 6.92 Å². The zero-order valence-electron chi connectivity index (χ0n) is 15.7. The number of rotatable bonds is 4. The van der Waals surface area contributed by atoms with Crippen LogP contribution in [-0.4, -0.2) is 34.6 Å². The molecule has 144 valence electrons. The van der Waals surface area contributed by atoms with Crippen molar-refractivity contribution in [3.05, 3.63) is 64.5 Å². The lowest BCUT2D eigenvalue weighted by atomic mass is 10.1. The highest BCUT2D eigenvalue weighted by Crippen LogP contribution is 2.34. The average molecular weight is 398 g/mol. The summed E-state index contributed by atoms with van der Waals surface area (Å²) in [7, 11) is 1.58. The second kappa shape index (κ2) is 7.64. The number of ether oxygens (including phenoxy) is 1. The molecule has 1 fully saturated rings. The van der Waals surface area contributed by atoms with Crippen molar-refractivity contribution in [2.75, 3.05) is 13.7 Å². The zero-order chi connectivity index (χ0) is 19.7. The Bertz CT molecular complexity index is 1020. The molecule has 0 bridgehead atoms. The molecule has 4 rings (SSSR count). The van der Waals surface area contributed by atoms with E-state index in [0.29, 0.717) is 34.6 Å². The Balaban J connectivity index is 1.61. The molecule has 1 atom stereocenters. The van der Waals surface area contributed by atoms with Crippen LogP contribution in [0.4, 0.5) is 0 Å². The topological polar surface area (TPSA) is 68.5 Å². The molecule has 6 nitrogen and oxygen atoms in total. The first-order chi connectivity index (χ1) is 13.6. The van der Waals surface area contributed by atoms with Gasteiger partial charge in [0.05, 0.1) is 7.11 Å². The van der Waals surface area contributed by atoms with Crippen LogP contribution in [0.15, 0.2) is 47.0 Å². The SMILES string of the molecule is COc1cccc(C(=O)N2CCCC2c2nc(-c3cccc(Cl)c3C)no2)c1. The highest BCUT2D eigenvalue weighted by molar-refractivity contribution is 6.31. The van der Waals surface area contributed by atoms with E-state index in [1.165, 1.54) is 0 Å². The second-order valence-corrected chi connectivity index (χ2v) is 7.16. The molecule has 0 radical (unpaired) electrons. The molecule has 1 aromatic heterocycles. The number of carbonyl (C=O) groups excluding carboxylic acids is 1. The van der Waals surface area contributed by atoms with Crippen molar-refractivity contribution in [2.45, 2.75) is 25.8 Å². The fraction of sp³-hybridized carbons (Fsp3) is 0.286. The Labute approximate surface area is 168 Å². The normalized spacial score (nSPS) is 16.4. The summed E-state index contributed by atoms with van der Waals surface area (Å²) in [6.45, 7) is 2.57. The molecule has 1 unspecified atom stereocenters. The van der Waals surface area contributed by atoms with E-state index >= 15 is 0 Å². The van der Waals surface area contributed by atoms with E-state index in [9.17, 15) is 4.79 Å². The molecule has 2 aromatic carbocycles. The van der Waals surface area contributed by atoms with Crippen LogP contribution in [-0.2, 0) is 0 Å². The van der Waals surface area contributed by atoms with Gasteiger partial charge in [0.2, 0.25) is 11.7 Å². The number of benzene rings is 2. The Kier molecular flexibility index (Phi) is 5.05. The highest BCUT2D eigenvalue weighted by atomic mass is 35.5. The van der Waals surface area contributed by atoms with Gasteiger partial charge in [0.25, 0.3) is 5.91 Å². The van der Waals surface area contributed by atoms with E-state index < -0.39 is 0 Å². The van der Waals surface area contributed by atoms with E-state index in [2.05, 4.69) is 10.1 Å². The van der Waals surface area contributed by atoms with E-state index in [1.807, 2.05) is 37.3 Å². The lowest BCUT2D eigenvalue weighted by molar-refractivity contribution is 0.0709. The number of aromatic nitrogens is 2. The fourth-order valence-electron chi connectivity index (χ4n) is 3.52. The smallest absolute Gasteiger partial charge is 0.254 e. The second-order valence-electron chi connectivity index (χ2n) is 6.76. The van der Waals surface area contributed by atoms with Crippen molar-refractivity contribution >= 4 is 17.5 Å². The molecule has 0 N–H and O–H groups in total. The van der Waals surface area contributed by atoms with E-state index in [1.54, 1.807) is 24.1 Å². The largest absolute Gasteiger partial charge is 0.497 e. The molecule has 1 amide bonds. The number of hydrogen-bond acceptors (Lipinski definition) is 5. The highest BCUT2D eigenvalue weighted by Gasteiger charge is 2.34. The monoisotopic (exact) mass is 397 g/mol. The van der Waals surface area contributed by atoms with Crippen molar-refractivity contribution < 1.29 is 14.1 Å². The van der Waals surface area contributed by atoms with E-state index in [-0.39, 0.29) is 11.9 Å². The molecule has 0 spiro atoms. The molecule has 1 saturated heterocycles. The average Bonchev–Trinajstić information content (AvgIpc) is 3.39. The van der Waals surface area contributed by atoms with Crippen LogP contribution in [0.1, 0.15) is 40.7 Å². The van der Waals surface area contributed by atoms with E-state index in [4.69, 9.17) is 20.9 Å². The molecule has 0 aliphatic carbocycles. The minimum atomic E-state index is -0.237. The third-order valence-corrected chi connectivity index (χ3v) is 5.48. The van der Waals surface area contributed by atoms with Crippen molar-refractivity contribution in [3.8, 4) is 17.1 Å². The van der Waals surface area contributed by atoms with Crippen molar-refractivity contribution in [2.24, 2.45) is 0 Å². The number of nitrogens with zero attached hydrogens (tertiary/aromatic N) is 3. The maximum absolute atomic E-state index is 13.0. The minimum absolute atomic E-state index is 0.0694. The molecule has 28 heavy (non-hydrogen) atoms. The van der Waals surface area contributed by atoms with Crippen molar-refractivity contribution in [1.29, 1.82) is 0 Å². The molecule has 1 aliphatic heterocycles. The van der Waals surface area contributed by atoms with E-state index in [0.717, 1.165) is 24.0 Å². The third-order valence-electron chi connectivity index (χ3n) is 5.07. The number of likely N-dealkylation sites (tertiary alicyclic amines) is 1. The lowest BCUT2D eigenvalue weighted by Gasteiger charge is -2.22. The third kappa shape index (κ3) is 3.36. The van der Waals surface area contributed by atoms with Gasteiger partial charge < -0.3 is 14.2 Å². The Hall–Kier alpha value is -2.86. The van der Waals surface area contributed by atoms with Gasteiger partial charge >= 0.3 is 0 Å².